The Morgan fingerprint density at radius 3 is 2.23 bits per heavy atom. The number of benzene rings is 2. The second-order valence-electron chi connectivity index (χ2n) is 9.85. The lowest BCUT2D eigenvalue weighted by Crippen LogP contribution is -2.36. The standard InChI is InChI=1S/C29H35N2O6P.CH4/c1-18(2)31(19(3)4)38(36-14-13-30-6)37-20(5)22(17-32)16-27(33)21-11-12-25-26(15-21)29(35)24-10-8-7-9-23(24)28(25)34;/h7-12,15,18-20,22,32H,13-14,16-17H2,1-5H3;1H4/t20-,22-,38?;/m0./s1/i32D;1T. The fourth-order valence-corrected chi connectivity index (χ4v) is 6.26. The van der Waals surface area contributed by atoms with Crippen molar-refractivity contribution in [1.29, 1.82) is 1.43 Å². The summed E-state index contributed by atoms with van der Waals surface area (Å²) in [7, 11) is -0.289. The molecule has 2 aromatic rings. The van der Waals surface area contributed by atoms with Gasteiger partial charge in [-0.05, 0) is 46.8 Å². The Bertz CT molecular complexity index is 1240. The molecule has 0 spiro atoms. The Labute approximate surface area is 236 Å². The second kappa shape index (κ2) is 14.6. The molecule has 0 heterocycles. The first-order valence-electron chi connectivity index (χ1n) is 14.2. The number of hydrogen-bond donors (Lipinski definition) is 1. The van der Waals surface area contributed by atoms with Crippen molar-refractivity contribution in [1.82, 2.24) is 4.67 Å². The zero-order chi connectivity index (χ0) is 30.7. The van der Waals surface area contributed by atoms with E-state index in [0.717, 1.165) is 0 Å². The molecule has 39 heavy (non-hydrogen) atoms. The molecule has 0 aliphatic heterocycles. The molecule has 9 heteroatoms. The summed E-state index contributed by atoms with van der Waals surface area (Å²) in [4.78, 5) is 42.7. The predicted molar refractivity (Wildman–Crippen MR) is 153 cm³/mol. The molecule has 1 aliphatic carbocycles. The molecule has 0 radical (unpaired) electrons. The van der Waals surface area contributed by atoms with Crippen molar-refractivity contribution in [2.45, 2.75) is 66.6 Å². The van der Waals surface area contributed by atoms with Crippen LogP contribution in [0.1, 0.15) is 92.0 Å². The van der Waals surface area contributed by atoms with E-state index in [1.54, 1.807) is 30.3 Å². The molecule has 0 saturated carbocycles. The van der Waals surface area contributed by atoms with Gasteiger partial charge in [0.1, 0.15) is 6.61 Å². The molecule has 0 fully saturated rings. The fraction of sp³-hybridized carbons (Fsp3) is 0.467. The van der Waals surface area contributed by atoms with Crippen LogP contribution >= 0.6 is 8.53 Å². The van der Waals surface area contributed by atoms with Gasteiger partial charge in [-0.25, -0.2) is 11.2 Å². The van der Waals surface area contributed by atoms with Gasteiger partial charge in [-0.2, -0.15) is 0 Å². The zero-order valence-corrected chi connectivity index (χ0v) is 24.4. The summed E-state index contributed by atoms with van der Waals surface area (Å²) < 4.78 is 27.5. The summed E-state index contributed by atoms with van der Waals surface area (Å²) in [5.74, 6) is -1.26. The highest BCUT2D eigenvalue weighted by molar-refractivity contribution is 7.44. The number of aliphatic hydroxyl groups excluding tert-OH is 1. The third-order valence-corrected chi connectivity index (χ3v) is 8.70. The average molecular weight is 558 g/mol. The third kappa shape index (κ3) is 7.45. The maximum absolute atomic E-state index is 13.4. The molecule has 1 N–H and O–H groups in total. The van der Waals surface area contributed by atoms with Crippen LogP contribution in [-0.4, -0.2) is 66.5 Å². The largest absolute Gasteiger partial charge is 0.396 e. The summed E-state index contributed by atoms with van der Waals surface area (Å²) in [5, 5.41) is 4.69. The fourth-order valence-electron chi connectivity index (χ4n) is 4.51. The number of Topliss-reactive ketones (excluding diaryl/α,β-unsaturated/α-hetero) is 1. The van der Waals surface area contributed by atoms with Crippen LogP contribution in [0.15, 0.2) is 42.5 Å². The highest BCUT2D eigenvalue weighted by Gasteiger charge is 2.33. The van der Waals surface area contributed by atoms with Crippen molar-refractivity contribution >= 4 is 25.9 Å². The third-order valence-electron chi connectivity index (χ3n) is 6.48. The van der Waals surface area contributed by atoms with Gasteiger partial charge < -0.3 is 19.0 Å². The van der Waals surface area contributed by atoms with Crippen LogP contribution in [0, 0.1) is 12.5 Å². The number of aliphatic hydroxyl groups is 1. The van der Waals surface area contributed by atoms with E-state index in [0.29, 0.717) is 16.7 Å². The lowest BCUT2D eigenvalue weighted by atomic mass is 9.82. The van der Waals surface area contributed by atoms with E-state index >= 15 is 0 Å². The minimum atomic E-state index is -1.54. The molecule has 0 bridgehead atoms. The Balaban J connectivity index is 0.00000287. The normalized spacial score (nSPS) is 15.4. The maximum atomic E-state index is 13.4. The Hall–Kier alpha value is -2.79. The SMILES string of the molecule is [2H]OC[C@H](CC(=O)c1ccc2c(c1)C(=O)c1ccccc1C2=O)[C@H](C)OP(OCC[N+]#[C-])N(C(C)C)C(C)C.[3H]C. The van der Waals surface area contributed by atoms with Crippen molar-refractivity contribution in [3.8, 4) is 0 Å². The first-order valence-corrected chi connectivity index (χ1v) is 13.9. The summed E-state index contributed by atoms with van der Waals surface area (Å²) in [6, 6.07) is 11.5. The van der Waals surface area contributed by atoms with Crippen molar-refractivity contribution in [2.24, 2.45) is 5.92 Å². The van der Waals surface area contributed by atoms with Gasteiger partial charge in [0.15, 0.2) is 17.3 Å². The minimum Gasteiger partial charge on any atom is -0.396 e. The van der Waals surface area contributed by atoms with Crippen LogP contribution in [0.5, 0.6) is 0 Å². The van der Waals surface area contributed by atoms with E-state index in [4.69, 9.17) is 23.5 Å². The van der Waals surface area contributed by atoms with Crippen LogP contribution in [-0.2, 0) is 9.05 Å². The van der Waals surface area contributed by atoms with Crippen molar-refractivity contribution < 1.29 is 29.9 Å². The lowest BCUT2D eigenvalue weighted by Gasteiger charge is -2.37. The van der Waals surface area contributed by atoms with Gasteiger partial charge in [0.25, 0.3) is 8.53 Å². The number of rotatable bonds is 14. The molecule has 0 aromatic heterocycles. The summed E-state index contributed by atoms with van der Waals surface area (Å²) in [6.45, 7) is 17.4. The summed E-state index contributed by atoms with van der Waals surface area (Å²) in [6.07, 6.45) is -0.502. The Morgan fingerprint density at radius 1 is 1.08 bits per heavy atom. The molecular weight excluding hydrogens is 515 g/mol. The topological polar surface area (TPSA) is 97.5 Å². The van der Waals surface area contributed by atoms with Gasteiger partial charge in [0, 0.05) is 60.2 Å². The first-order chi connectivity index (χ1) is 19.6. The van der Waals surface area contributed by atoms with Crippen molar-refractivity contribution in [2.75, 3.05) is 19.8 Å². The van der Waals surface area contributed by atoms with Gasteiger partial charge in [-0.3, -0.25) is 14.4 Å². The first kappa shape index (κ1) is 29.2. The molecule has 3 rings (SSSR count). The molecule has 2 aromatic carbocycles. The van der Waals surface area contributed by atoms with Gasteiger partial charge in [-0.15, -0.1) is 0 Å². The van der Waals surface area contributed by atoms with E-state index in [9.17, 15) is 14.4 Å². The van der Waals surface area contributed by atoms with Crippen molar-refractivity contribution in [3.63, 3.8) is 0 Å². The van der Waals surface area contributed by atoms with Crippen LogP contribution < -0.4 is 0 Å². The van der Waals surface area contributed by atoms with E-state index in [2.05, 4.69) is 9.52 Å². The molecule has 0 saturated heterocycles. The van der Waals surface area contributed by atoms with Crippen LogP contribution in [0.2, 0.25) is 0 Å². The van der Waals surface area contributed by atoms with Crippen LogP contribution in [0.25, 0.3) is 4.85 Å². The van der Waals surface area contributed by atoms with Crippen LogP contribution in [0.4, 0.5) is 0 Å². The molecular formula is C30H39N2O6P. The van der Waals surface area contributed by atoms with E-state index in [1.807, 2.05) is 34.6 Å². The molecule has 210 valence electrons. The van der Waals surface area contributed by atoms with E-state index in [1.165, 1.54) is 19.5 Å². The van der Waals surface area contributed by atoms with Gasteiger partial charge >= 0.3 is 0 Å². The predicted octanol–water partition coefficient (Wildman–Crippen LogP) is 5.97. The van der Waals surface area contributed by atoms with Crippen LogP contribution in [0.3, 0.4) is 0 Å². The number of nitrogens with zero attached hydrogens (tertiary/aromatic N) is 2. The average Bonchev–Trinajstić information content (AvgIpc) is 2.96. The molecule has 1 aliphatic rings. The highest BCUT2D eigenvalue weighted by atomic mass is 31.2. The van der Waals surface area contributed by atoms with Gasteiger partial charge in [0.2, 0.25) is 7.98 Å². The molecule has 1 unspecified atom stereocenters. The van der Waals surface area contributed by atoms with Gasteiger partial charge in [0.05, 0.1) is 6.10 Å². The number of fused-ring (bicyclic) bond motifs is 2. The number of carbonyl (C=O) groups excluding carboxylic acids is 3. The number of hydrogen-bond acceptors (Lipinski definition) is 7. The molecule has 3 atom stereocenters. The monoisotopic (exact) mass is 557 g/mol. The minimum absolute atomic E-state index is 0.00609. The number of ketones is 3. The quantitative estimate of drug-likeness (QED) is 0.113. The number of carbonyl (C=O) groups is 3. The molecule has 0 amide bonds. The smallest absolute Gasteiger partial charge is 0.259 e. The van der Waals surface area contributed by atoms with E-state index in [-0.39, 0.29) is 66.7 Å². The Kier molecular flexibility index (Phi) is 10.9. The molecule has 8 nitrogen and oxygen atoms in total. The van der Waals surface area contributed by atoms with Crippen molar-refractivity contribution in [3.05, 3.63) is 81.7 Å². The lowest BCUT2D eigenvalue weighted by molar-refractivity contribution is 0.0630. The Morgan fingerprint density at radius 2 is 1.67 bits per heavy atom. The van der Waals surface area contributed by atoms with E-state index < -0.39 is 20.5 Å². The summed E-state index contributed by atoms with van der Waals surface area (Å²) >= 11 is 0. The second-order valence-corrected chi connectivity index (χ2v) is 11.3. The summed E-state index contributed by atoms with van der Waals surface area (Å²) in [5.41, 5.74) is 1.48. The van der Waals surface area contributed by atoms with Gasteiger partial charge in [-0.1, -0.05) is 37.7 Å². The zero-order valence-electron chi connectivity index (χ0n) is 25.5. The highest BCUT2D eigenvalue weighted by Crippen LogP contribution is 2.48. The maximum Gasteiger partial charge on any atom is 0.259 e.